The summed E-state index contributed by atoms with van der Waals surface area (Å²) in [7, 11) is 0. The van der Waals surface area contributed by atoms with Crippen LogP contribution < -0.4 is 4.90 Å². The van der Waals surface area contributed by atoms with Gasteiger partial charge in [-0.15, -0.1) is 0 Å². The molecule has 1 N–H and O–H groups in total. The number of aryl methyl sites for hydroxylation is 1. The van der Waals surface area contributed by atoms with Gasteiger partial charge in [0, 0.05) is 25.3 Å². The summed E-state index contributed by atoms with van der Waals surface area (Å²) in [6, 6.07) is 19.9. The molecule has 118 valence electrons. The standard InChI is InChI=1S/C22H25N/c1-2-6-18(7-3-1)16-19-12-14-23(15-13-19)22-11-10-20-8-4-5-9-21(20)17-22/h1-9,17,19H,10-16H2/p+1. The quantitative estimate of drug-likeness (QED) is 0.885. The van der Waals surface area contributed by atoms with Gasteiger partial charge in [-0.2, -0.15) is 0 Å². The molecular weight excluding hydrogens is 278 g/mol. The van der Waals surface area contributed by atoms with E-state index in [9.17, 15) is 0 Å². The number of benzene rings is 2. The Balaban J connectivity index is 1.38. The van der Waals surface area contributed by atoms with Crippen LogP contribution >= 0.6 is 0 Å². The van der Waals surface area contributed by atoms with Gasteiger partial charge in [0.1, 0.15) is 5.70 Å². The van der Waals surface area contributed by atoms with Gasteiger partial charge in [0.05, 0.1) is 13.1 Å². The Morgan fingerprint density at radius 2 is 1.57 bits per heavy atom. The maximum atomic E-state index is 2.46. The smallest absolute Gasteiger partial charge is 0.108 e. The Bertz CT molecular complexity index is 678. The maximum absolute atomic E-state index is 2.46. The van der Waals surface area contributed by atoms with E-state index in [-0.39, 0.29) is 0 Å². The molecule has 1 heteroatoms. The topological polar surface area (TPSA) is 4.44 Å². The van der Waals surface area contributed by atoms with E-state index in [1.54, 1.807) is 10.6 Å². The molecule has 0 amide bonds. The second-order valence-corrected chi connectivity index (χ2v) is 7.11. The molecule has 0 aromatic heterocycles. The first-order valence-corrected chi connectivity index (χ1v) is 9.06. The molecule has 1 nitrogen and oxygen atoms in total. The normalized spacial score (nSPS) is 23.9. The van der Waals surface area contributed by atoms with Gasteiger partial charge in [-0.1, -0.05) is 54.6 Å². The lowest BCUT2D eigenvalue weighted by Crippen LogP contribution is -3.11. The van der Waals surface area contributed by atoms with Crippen LogP contribution in [-0.4, -0.2) is 13.1 Å². The van der Waals surface area contributed by atoms with Crippen molar-refractivity contribution in [1.82, 2.24) is 0 Å². The number of rotatable bonds is 3. The molecule has 0 bridgehead atoms. The van der Waals surface area contributed by atoms with Gasteiger partial charge in [0.25, 0.3) is 0 Å². The van der Waals surface area contributed by atoms with Crippen molar-refractivity contribution >= 4 is 6.08 Å². The molecule has 0 saturated carbocycles. The molecule has 2 aromatic rings. The molecule has 1 heterocycles. The summed E-state index contributed by atoms with van der Waals surface area (Å²) in [6.07, 6.45) is 8.92. The van der Waals surface area contributed by atoms with Gasteiger partial charge in [-0.05, 0) is 35.4 Å². The van der Waals surface area contributed by atoms with Crippen LogP contribution in [0, 0.1) is 5.92 Å². The number of likely N-dealkylation sites (tertiary alicyclic amines) is 1. The zero-order valence-electron chi connectivity index (χ0n) is 13.8. The SMILES string of the molecule is C1=C([NH+]2CCC(Cc3ccccc3)CC2)CCc2ccccc21. The third-order valence-corrected chi connectivity index (χ3v) is 5.58. The minimum atomic E-state index is 0.873. The highest BCUT2D eigenvalue weighted by Gasteiger charge is 2.26. The number of hydrogen-bond acceptors (Lipinski definition) is 0. The molecule has 2 aromatic carbocycles. The second-order valence-electron chi connectivity index (χ2n) is 7.11. The van der Waals surface area contributed by atoms with Crippen molar-refractivity contribution in [3.8, 4) is 0 Å². The van der Waals surface area contributed by atoms with E-state index in [2.05, 4.69) is 60.7 Å². The van der Waals surface area contributed by atoms with E-state index >= 15 is 0 Å². The van der Waals surface area contributed by atoms with Crippen molar-refractivity contribution in [3.05, 3.63) is 77.0 Å². The fourth-order valence-electron chi connectivity index (χ4n) is 4.21. The van der Waals surface area contributed by atoms with E-state index in [0.29, 0.717) is 0 Å². The minimum absolute atomic E-state index is 0.873. The highest BCUT2D eigenvalue weighted by atomic mass is 15.1. The van der Waals surface area contributed by atoms with Crippen LogP contribution in [0.15, 0.2) is 60.3 Å². The van der Waals surface area contributed by atoms with Crippen LogP contribution in [0.3, 0.4) is 0 Å². The van der Waals surface area contributed by atoms with Crippen LogP contribution in [0.2, 0.25) is 0 Å². The summed E-state index contributed by atoms with van der Waals surface area (Å²) in [6.45, 7) is 2.62. The summed E-state index contributed by atoms with van der Waals surface area (Å²) < 4.78 is 0. The summed E-state index contributed by atoms with van der Waals surface area (Å²) >= 11 is 0. The van der Waals surface area contributed by atoms with Gasteiger partial charge in [-0.3, -0.25) is 0 Å². The Kier molecular flexibility index (Phi) is 4.30. The fourth-order valence-corrected chi connectivity index (χ4v) is 4.21. The number of allylic oxidation sites excluding steroid dienone is 1. The Morgan fingerprint density at radius 1 is 0.826 bits per heavy atom. The molecule has 0 atom stereocenters. The van der Waals surface area contributed by atoms with E-state index in [0.717, 1.165) is 5.92 Å². The third kappa shape index (κ3) is 3.40. The Labute approximate surface area is 139 Å². The van der Waals surface area contributed by atoms with E-state index in [1.165, 1.54) is 61.9 Å². The Morgan fingerprint density at radius 3 is 2.39 bits per heavy atom. The number of piperidine rings is 1. The number of nitrogens with one attached hydrogen (secondary N) is 1. The lowest BCUT2D eigenvalue weighted by Gasteiger charge is -2.32. The molecule has 2 aliphatic rings. The van der Waals surface area contributed by atoms with Crippen molar-refractivity contribution < 1.29 is 4.90 Å². The molecule has 1 saturated heterocycles. The molecule has 1 aliphatic heterocycles. The summed E-state index contributed by atoms with van der Waals surface area (Å²) in [5.74, 6) is 0.873. The Hall–Kier alpha value is -1.86. The monoisotopic (exact) mass is 304 g/mol. The van der Waals surface area contributed by atoms with Crippen molar-refractivity contribution in [3.63, 3.8) is 0 Å². The summed E-state index contributed by atoms with van der Waals surface area (Å²) in [5, 5.41) is 0. The molecule has 1 aliphatic carbocycles. The van der Waals surface area contributed by atoms with Gasteiger partial charge >= 0.3 is 0 Å². The van der Waals surface area contributed by atoms with Crippen LogP contribution in [0.25, 0.3) is 6.08 Å². The molecule has 23 heavy (non-hydrogen) atoms. The lowest BCUT2D eigenvalue weighted by atomic mass is 9.88. The van der Waals surface area contributed by atoms with Crippen LogP contribution in [0.1, 0.15) is 36.0 Å². The van der Waals surface area contributed by atoms with Gasteiger partial charge in [0.2, 0.25) is 0 Å². The molecule has 0 spiro atoms. The number of quaternary nitrogens is 1. The largest absolute Gasteiger partial charge is 0.306 e. The minimum Gasteiger partial charge on any atom is -0.306 e. The van der Waals surface area contributed by atoms with Crippen molar-refractivity contribution in [2.45, 2.75) is 32.1 Å². The van der Waals surface area contributed by atoms with E-state index in [4.69, 9.17) is 0 Å². The first kappa shape index (κ1) is 14.7. The van der Waals surface area contributed by atoms with E-state index < -0.39 is 0 Å². The van der Waals surface area contributed by atoms with Crippen molar-refractivity contribution in [1.29, 1.82) is 0 Å². The zero-order valence-corrected chi connectivity index (χ0v) is 13.8. The average Bonchev–Trinajstić information content (AvgIpc) is 2.63. The predicted octanol–water partition coefficient (Wildman–Crippen LogP) is 3.51. The maximum Gasteiger partial charge on any atom is 0.108 e. The molecule has 4 rings (SSSR count). The summed E-state index contributed by atoms with van der Waals surface area (Å²) in [4.78, 5) is 1.74. The molecule has 0 unspecified atom stereocenters. The molecular formula is C22H26N+. The third-order valence-electron chi connectivity index (χ3n) is 5.58. The first-order valence-electron chi connectivity index (χ1n) is 9.06. The highest BCUT2D eigenvalue weighted by molar-refractivity contribution is 5.57. The first-order chi connectivity index (χ1) is 11.4. The zero-order chi connectivity index (χ0) is 15.5. The van der Waals surface area contributed by atoms with Crippen molar-refractivity contribution in [2.75, 3.05) is 13.1 Å². The highest BCUT2D eigenvalue weighted by Crippen LogP contribution is 2.22. The lowest BCUT2D eigenvalue weighted by molar-refractivity contribution is -0.868. The van der Waals surface area contributed by atoms with Gasteiger partial charge < -0.3 is 4.90 Å². The van der Waals surface area contributed by atoms with Crippen molar-refractivity contribution in [2.24, 2.45) is 5.92 Å². The van der Waals surface area contributed by atoms with Crippen LogP contribution in [0.4, 0.5) is 0 Å². The van der Waals surface area contributed by atoms with Crippen LogP contribution in [0.5, 0.6) is 0 Å². The molecule has 0 radical (unpaired) electrons. The van der Waals surface area contributed by atoms with Gasteiger partial charge in [0.15, 0.2) is 0 Å². The number of fused-ring (bicyclic) bond motifs is 1. The van der Waals surface area contributed by atoms with E-state index in [1.807, 2.05) is 0 Å². The molecule has 1 fully saturated rings. The summed E-state index contributed by atoms with van der Waals surface area (Å²) in [5.41, 5.74) is 6.12. The number of hydrogen-bond donors (Lipinski definition) is 1. The van der Waals surface area contributed by atoms with Gasteiger partial charge in [-0.25, -0.2) is 0 Å². The fraction of sp³-hybridized carbons (Fsp3) is 0.364. The predicted molar refractivity (Wildman–Crippen MR) is 96.3 cm³/mol. The van der Waals surface area contributed by atoms with Crippen LogP contribution in [-0.2, 0) is 12.8 Å². The second kappa shape index (κ2) is 6.72. The average molecular weight is 304 g/mol.